The average molecular weight is 606 g/mol. The summed E-state index contributed by atoms with van der Waals surface area (Å²) in [6.45, 7) is 1.79. The highest BCUT2D eigenvalue weighted by Gasteiger charge is 2.46. The van der Waals surface area contributed by atoms with Gasteiger partial charge in [-0.25, -0.2) is 9.97 Å². The van der Waals surface area contributed by atoms with Crippen molar-refractivity contribution in [2.24, 2.45) is 11.1 Å². The first kappa shape index (κ1) is 26.4. The molecule has 8 nitrogen and oxygen atoms in total. The number of nitrogens with zero attached hydrogens (tertiary/aromatic N) is 5. The molecule has 6 aromatic rings. The number of carbonyl (C=O) groups excluding carboxylic acids is 1. The minimum Gasteiger partial charge on any atom is -0.355 e. The Labute approximate surface area is 257 Å². The highest BCUT2D eigenvalue weighted by Crippen LogP contribution is 2.51. The van der Waals surface area contributed by atoms with E-state index in [0.717, 1.165) is 64.8 Å². The first-order chi connectivity index (χ1) is 21.0. The number of amides is 1. The molecular formula is C33H28ClN7OS. The van der Waals surface area contributed by atoms with Crippen molar-refractivity contribution in [2.75, 3.05) is 23.3 Å². The van der Waals surface area contributed by atoms with Crippen molar-refractivity contribution < 1.29 is 4.79 Å². The number of anilines is 2. The van der Waals surface area contributed by atoms with Gasteiger partial charge in [-0.05, 0) is 78.3 Å². The SMILES string of the molecule is N[C@@H]1c2cnccc2CC12CCN(c1nc3ccc(Sc4cccc(NC(=O)c5ccccc5)c4Cl)c4ncc1n34)CC2. The maximum atomic E-state index is 12.7. The summed E-state index contributed by atoms with van der Waals surface area (Å²) in [5.74, 6) is 0.763. The number of aromatic nitrogens is 4. The van der Waals surface area contributed by atoms with Crippen LogP contribution in [0.2, 0.25) is 5.02 Å². The number of carbonyl (C=O) groups is 1. The summed E-state index contributed by atoms with van der Waals surface area (Å²) in [5, 5.41) is 3.43. The van der Waals surface area contributed by atoms with Crippen molar-refractivity contribution in [3.8, 4) is 0 Å². The Balaban J connectivity index is 1.04. The highest BCUT2D eigenvalue weighted by atomic mass is 35.5. The Hall–Kier alpha value is -4.18. The smallest absolute Gasteiger partial charge is 0.255 e. The van der Waals surface area contributed by atoms with Gasteiger partial charge in [-0.1, -0.05) is 47.6 Å². The number of fused-ring (bicyclic) bond motifs is 1. The second-order valence-corrected chi connectivity index (χ2v) is 12.9. The van der Waals surface area contributed by atoms with E-state index < -0.39 is 0 Å². The molecule has 0 bridgehead atoms. The first-order valence-electron chi connectivity index (χ1n) is 14.4. The zero-order chi connectivity index (χ0) is 29.1. The molecule has 2 aromatic carbocycles. The third-order valence-electron chi connectivity index (χ3n) is 9.05. The van der Waals surface area contributed by atoms with Crippen LogP contribution in [0.5, 0.6) is 0 Å². The highest BCUT2D eigenvalue weighted by molar-refractivity contribution is 7.99. The van der Waals surface area contributed by atoms with Crippen LogP contribution in [0.25, 0.3) is 16.8 Å². The zero-order valence-electron chi connectivity index (χ0n) is 23.2. The van der Waals surface area contributed by atoms with Crippen molar-refractivity contribution in [2.45, 2.75) is 35.1 Å². The van der Waals surface area contributed by atoms with Gasteiger partial charge in [0.05, 0.1) is 21.8 Å². The molecule has 1 saturated heterocycles. The molecule has 1 amide bonds. The largest absolute Gasteiger partial charge is 0.355 e. The van der Waals surface area contributed by atoms with E-state index in [-0.39, 0.29) is 17.4 Å². The Morgan fingerprint density at radius 1 is 1.00 bits per heavy atom. The number of nitrogens with two attached hydrogens (primary N) is 1. The van der Waals surface area contributed by atoms with E-state index in [4.69, 9.17) is 27.3 Å². The van der Waals surface area contributed by atoms with Gasteiger partial charge in [0.15, 0.2) is 11.5 Å². The maximum absolute atomic E-state index is 12.7. The number of nitrogens with one attached hydrogen (secondary N) is 1. The van der Waals surface area contributed by atoms with E-state index in [1.807, 2.05) is 67.1 Å². The molecule has 0 unspecified atom stereocenters. The van der Waals surface area contributed by atoms with Gasteiger partial charge in [-0.2, -0.15) is 0 Å². The lowest BCUT2D eigenvalue weighted by Crippen LogP contribution is -2.44. The maximum Gasteiger partial charge on any atom is 0.255 e. The molecule has 1 fully saturated rings. The second-order valence-electron chi connectivity index (χ2n) is 11.4. The molecule has 214 valence electrons. The molecule has 1 aliphatic heterocycles. The quantitative estimate of drug-likeness (QED) is 0.228. The van der Waals surface area contributed by atoms with Crippen LogP contribution >= 0.6 is 23.4 Å². The Bertz CT molecular complexity index is 1990. The van der Waals surface area contributed by atoms with Crippen LogP contribution in [0.3, 0.4) is 0 Å². The number of rotatable bonds is 5. The number of hydrogen-bond donors (Lipinski definition) is 2. The molecule has 1 aliphatic carbocycles. The van der Waals surface area contributed by atoms with Crippen LogP contribution in [0, 0.1) is 5.41 Å². The van der Waals surface area contributed by atoms with E-state index in [0.29, 0.717) is 16.3 Å². The van der Waals surface area contributed by atoms with E-state index in [1.54, 1.807) is 12.1 Å². The minimum atomic E-state index is -0.204. The summed E-state index contributed by atoms with van der Waals surface area (Å²) in [6, 6.07) is 21.0. The standard InChI is InChI=1S/C33H28ClN7OS/c34-28-23(38-32(42)20-5-2-1-3-6-20)7-4-8-25(28)43-26-9-10-27-39-30(24-19-37-31(26)41(24)27)40-15-12-33(13-16-40)17-21-11-14-36-18-22(21)29(33)35/h1-11,14,18-19,29H,12-13,15-17,35H2,(H,38,42)/t29-/m1/s1. The molecule has 10 heteroatoms. The number of halogens is 1. The predicted octanol–water partition coefficient (Wildman–Crippen LogP) is 6.61. The van der Waals surface area contributed by atoms with Gasteiger partial charge in [0.25, 0.3) is 5.91 Å². The van der Waals surface area contributed by atoms with E-state index in [9.17, 15) is 4.79 Å². The topological polar surface area (TPSA) is 101 Å². The van der Waals surface area contributed by atoms with Gasteiger partial charge >= 0.3 is 0 Å². The molecule has 5 heterocycles. The average Bonchev–Trinajstić information content (AvgIpc) is 3.72. The number of benzene rings is 2. The van der Waals surface area contributed by atoms with Gasteiger partial charge in [-0.15, -0.1) is 0 Å². The van der Waals surface area contributed by atoms with Crippen LogP contribution in [0.15, 0.2) is 95.1 Å². The van der Waals surface area contributed by atoms with Gasteiger partial charge < -0.3 is 16.0 Å². The normalized spacial score (nSPS) is 17.6. The molecule has 43 heavy (non-hydrogen) atoms. The zero-order valence-corrected chi connectivity index (χ0v) is 24.8. The summed E-state index contributed by atoms with van der Waals surface area (Å²) in [5.41, 5.74) is 13.3. The van der Waals surface area contributed by atoms with E-state index in [1.165, 1.54) is 22.9 Å². The van der Waals surface area contributed by atoms with E-state index >= 15 is 0 Å². The summed E-state index contributed by atoms with van der Waals surface area (Å²) in [4.78, 5) is 31.1. The fraction of sp³-hybridized carbons (Fsp3) is 0.212. The van der Waals surface area contributed by atoms with Crippen molar-refractivity contribution in [1.82, 2.24) is 19.4 Å². The molecular weight excluding hydrogens is 578 g/mol. The van der Waals surface area contributed by atoms with Crippen molar-refractivity contribution in [1.29, 1.82) is 0 Å². The Kier molecular flexibility index (Phi) is 6.29. The van der Waals surface area contributed by atoms with Crippen LogP contribution in [-0.4, -0.2) is 38.3 Å². The van der Waals surface area contributed by atoms with Crippen LogP contribution in [0.4, 0.5) is 11.5 Å². The van der Waals surface area contributed by atoms with Gasteiger partial charge in [0, 0.05) is 42.0 Å². The number of imidazole rings is 2. The summed E-state index contributed by atoms with van der Waals surface area (Å²) >= 11 is 8.33. The fourth-order valence-corrected chi connectivity index (χ4v) is 7.96. The minimum absolute atomic E-state index is 0.0271. The lowest BCUT2D eigenvalue weighted by Gasteiger charge is -2.42. The van der Waals surface area contributed by atoms with Gasteiger partial charge in [0.2, 0.25) is 0 Å². The van der Waals surface area contributed by atoms with Gasteiger partial charge in [-0.3, -0.25) is 14.2 Å². The van der Waals surface area contributed by atoms with Crippen molar-refractivity contribution in [3.05, 3.63) is 107 Å². The molecule has 1 atom stereocenters. The molecule has 4 aromatic heterocycles. The molecule has 2 aliphatic rings. The Morgan fingerprint density at radius 2 is 1.84 bits per heavy atom. The molecule has 3 N–H and O–H groups in total. The fourth-order valence-electron chi connectivity index (χ4n) is 6.72. The third kappa shape index (κ3) is 4.33. The number of hydrogen-bond acceptors (Lipinski definition) is 7. The summed E-state index contributed by atoms with van der Waals surface area (Å²) in [6.07, 6.45) is 8.77. The third-order valence-corrected chi connectivity index (χ3v) is 10.7. The van der Waals surface area contributed by atoms with Crippen LogP contribution < -0.4 is 16.0 Å². The predicted molar refractivity (Wildman–Crippen MR) is 170 cm³/mol. The summed E-state index contributed by atoms with van der Waals surface area (Å²) in [7, 11) is 0. The summed E-state index contributed by atoms with van der Waals surface area (Å²) < 4.78 is 2.12. The number of pyridine rings is 2. The van der Waals surface area contributed by atoms with E-state index in [2.05, 4.69) is 25.7 Å². The van der Waals surface area contributed by atoms with Gasteiger partial charge in [0.1, 0.15) is 11.2 Å². The van der Waals surface area contributed by atoms with Crippen molar-refractivity contribution >= 4 is 57.6 Å². The molecule has 8 rings (SSSR count). The van der Waals surface area contributed by atoms with Crippen molar-refractivity contribution in [3.63, 3.8) is 0 Å². The lowest BCUT2D eigenvalue weighted by atomic mass is 9.73. The first-order valence-corrected chi connectivity index (χ1v) is 15.6. The molecule has 0 radical (unpaired) electrons. The second kappa shape index (κ2) is 10.2. The monoisotopic (exact) mass is 605 g/mol. The molecule has 1 spiro atoms. The van der Waals surface area contributed by atoms with Crippen LogP contribution in [-0.2, 0) is 6.42 Å². The number of piperidine rings is 1. The lowest BCUT2D eigenvalue weighted by molar-refractivity contribution is 0.102. The molecule has 0 saturated carbocycles. The Morgan fingerprint density at radius 3 is 2.65 bits per heavy atom. The van der Waals surface area contributed by atoms with Crippen LogP contribution in [0.1, 0.15) is 40.4 Å².